The Morgan fingerprint density at radius 1 is 1.00 bits per heavy atom. The van der Waals surface area contributed by atoms with Crippen molar-refractivity contribution in [1.29, 1.82) is 0 Å². The molecule has 0 aliphatic rings. The molecule has 0 spiro atoms. The molecule has 2 N–H and O–H groups in total. The van der Waals surface area contributed by atoms with Gasteiger partial charge in [-0.15, -0.1) is 0 Å². The van der Waals surface area contributed by atoms with Crippen molar-refractivity contribution in [2.75, 3.05) is 0 Å². The molecule has 0 rings (SSSR count). The smallest absolute Gasteiger partial charge is 0.00105 e. The second kappa shape index (κ2) is 4.73. The van der Waals surface area contributed by atoms with E-state index in [0.717, 1.165) is 11.8 Å². The van der Waals surface area contributed by atoms with Crippen LogP contribution in [-0.2, 0) is 0 Å². The highest BCUT2D eigenvalue weighted by Crippen LogP contribution is 2.16. The molecule has 0 aromatic heterocycles. The monoisotopic (exact) mass is 143 g/mol. The van der Waals surface area contributed by atoms with Gasteiger partial charge in [-0.2, -0.15) is 0 Å². The quantitative estimate of drug-likeness (QED) is 0.642. The minimum Gasteiger partial charge on any atom is -0.328 e. The molecule has 0 aromatic rings. The molecule has 0 bridgehead atoms. The van der Waals surface area contributed by atoms with Gasteiger partial charge in [0.15, 0.2) is 0 Å². The molecule has 0 heterocycles. The largest absolute Gasteiger partial charge is 0.328 e. The summed E-state index contributed by atoms with van der Waals surface area (Å²) in [5.41, 5.74) is 5.64. The van der Waals surface area contributed by atoms with Gasteiger partial charge >= 0.3 is 0 Å². The van der Waals surface area contributed by atoms with E-state index in [4.69, 9.17) is 5.73 Å². The molecule has 0 aromatic carbocycles. The van der Waals surface area contributed by atoms with Crippen LogP contribution in [0.15, 0.2) is 0 Å². The van der Waals surface area contributed by atoms with Crippen LogP contribution in [0.2, 0.25) is 0 Å². The van der Waals surface area contributed by atoms with Gasteiger partial charge in [0.1, 0.15) is 0 Å². The van der Waals surface area contributed by atoms with Crippen LogP contribution in [0, 0.1) is 11.8 Å². The Hall–Kier alpha value is -0.0400. The summed E-state index contributed by atoms with van der Waals surface area (Å²) in [6, 6.07) is 0.376. The maximum Gasteiger partial charge on any atom is 0.00105 e. The summed E-state index contributed by atoms with van der Waals surface area (Å²) in [5, 5.41) is 0. The third kappa shape index (κ3) is 4.80. The van der Waals surface area contributed by atoms with Crippen LogP contribution in [-0.4, -0.2) is 6.04 Å². The van der Waals surface area contributed by atoms with Crippen molar-refractivity contribution in [1.82, 2.24) is 0 Å². The van der Waals surface area contributed by atoms with Gasteiger partial charge in [-0.05, 0) is 31.6 Å². The molecule has 2 atom stereocenters. The molecule has 0 aliphatic carbocycles. The molecule has 1 nitrogen and oxygen atoms in total. The van der Waals surface area contributed by atoms with E-state index in [0.29, 0.717) is 6.04 Å². The van der Waals surface area contributed by atoms with Crippen molar-refractivity contribution >= 4 is 0 Å². The summed E-state index contributed by atoms with van der Waals surface area (Å²) < 4.78 is 0. The topological polar surface area (TPSA) is 26.0 Å². The molecular formula is C9H21N. The van der Waals surface area contributed by atoms with Crippen molar-refractivity contribution in [2.45, 2.75) is 46.6 Å². The van der Waals surface area contributed by atoms with Gasteiger partial charge in [0.25, 0.3) is 0 Å². The number of hydrogen-bond acceptors (Lipinski definition) is 1. The second-order valence-electron chi connectivity index (χ2n) is 3.78. The van der Waals surface area contributed by atoms with Gasteiger partial charge < -0.3 is 5.73 Å². The third-order valence-corrected chi connectivity index (χ3v) is 2.22. The minimum absolute atomic E-state index is 0.376. The van der Waals surface area contributed by atoms with E-state index < -0.39 is 0 Å². The van der Waals surface area contributed by atoms with Crippen molar-refractivity contribution in [3.8, 4) is 0 Å². The Morgan fingerprint density at radius 2 is 1.50 bits per heavy atom. The van der Waals surface area contributed by atoms with Gasteiger partial charge in [-0.25, -0.2) is 0 Å². The van der Waals surface area contributed by atoms with Crippen LogP contribution < -0.4 is 5.73 Å². The van der Waals surface area contributed by atoms with Crippen LogP contribution in [0.25, 0.3) is 0 Å². The van der Waals surface area contributed by atoms with Gasteiger partial charge in [0, 0.05) is 6.04 Å². The SMILES string of the molecule is CC(C)C(C)CC[C@H](C)N. The lowest BCUT2D eigenvalue weighted by Crippen LogP contribution is -2.16. The fourth-order valence-corrected chi connectivity index (χ4v) is 0.859. The lowest BCUT2D eigenvalue weighted by Gasteiger charge is -2.15. The van der Waals surface area contributed by atoms with E-state index in [-0.39, 0.29) is 0 Å². The van der Waals surface area contributed by atoms with E-state index in [1.807, 2.05) is 0 Å². The lowest BCUT2D eigenvalue weighted by atomic mass is 9.92. The molecule has 10 heavy (non-hydrogen) atoms. The van der Waals surface area contributed by atoms with Gasteiger partial charge in [0.2, 0.25) is 0 Å². The molecule has 0 amide bonds. The van der Waals surface area contributed by atoms with Crippen LogP contribution >= 0.6 is 0 Å². The molecule has 0 fully saturated rings. The molecule has 0 saturated heterocycles. The predicted octanol–water partition coefficient (Wildman–Crippen LogP) is 2.41. The summed E-state index contributed by atoms with van der Waals surface area (Å²) >= 11 is 0. The summed E-state index contributed by atoms with van der Waals surface area (Å²) in [6.45, 7) is 8.91. The Balaban J connectivity index is 3.30. The van der Waals surface area contributed by atoms with Gasteiger partial charge in [-0.3, -0.25) is 0 Å². The first kappa shape index (κ1) is 9.96. The highest BCUT2D eigenvalue weighted by molar-refractivity contribution is 4.61. The fraction of sp³-hybridized carbons (Fsp3) is 1.00. The van der Waals surface area contributed by atoms with E-state index in [2.05, 4.69) is 27.7 Å². The number of hydrogen-bond donors (Lipinski definition) is 1. The Morgan fingerprint density at radius 3 is 1.80 bits per heavy atom. The zero-order chi connectivity index (χ0) is 8.15. The van der Waals surface area contributed by atoms with Crippen LogP contribution in [0.5, 0.6) is 0 Å². The van der Waals surface area contributed by atoms with Crippen molar-refractivity contribution in [3.63, 3.8) is 0 Å². The van der Waals surface area contributed by atoms with E-state index in [1.54, 1.807) is 0 Å². The van der Waals surface area contributed by atoms with E-state index in [1.165, 1.54) is 12.8 Å². The zero-order valence-electron chi connectivity index (χ0n) is 7.72. The maximum atomic E-state index is 5.64. The first-order valence-corrected chi connectivity index (χ1v) is 4.29. The summed E-state index contributed by atoms with van der Waals surface area (Å²) in [7, 11) is 0. The Kier molecular flexibility index (Phi) is 4.71. The fourth-order valence-electron chi connectivity index (χ4n) is 0.859. The average Bonchev–Trinajstić information content (AvgIpc) is 1.82. The minimum atomic E-state index is 0.376. The van der Waals surface area contributed by atoms with Crippen LogP contribution in [0.4, 0.5) is 0 Å². The second-order valence-corrected chi connectivity index (χ2v) is 3.78. The average molecular weight is 143 g/mol. The highest BCUT2D eigenvalue weighted by atomic mass is 14.6. The Bertz CT molecular complexity index is 76.8. The van der Waals surface area contributed by atoms with E-state index >= 15 is 0 Å². The third-order valence-electron chi connectivity index (χ3n) is 2.22. The highest BCUT2D eigenvalue weighted by Gasteiger charge is 2.06. The molecule has 0 radical (unpaired) electrons. The summed E-state index contributed by atoms with van der Waals surface area (Å²) in [6.07, 6.45) is 2.44. The molecule has 1 unspecified atom stereocenters. The number of rotatable bonds is 4. The first-order chi connectivity index (χ1) is 4.54. The molecule has 0 aliphatic heterocycles. The van der Waals surface area contributed by atoms with Crippen molar-refractivity contribution < 1.29 is 0 Å². The molecule has 0 saturated carbocycles. The maximum absolute atomic E-state index is 5.64. The predicted molar refractivity (Wildman–Crippen MR) is 46.9 cm³/mol. The van der Waals surface area contributed by atoms with E-state index in [9.17, 15) is 0 Å². The summed E-state index contributed by atoms with van der Waals surface area (Å²) in [5.74, 6) is 1.63. The normalized spacial score (nSPS) is 17.4. The van der Waals surface area contributed by atoms with Crippen molar-refractivity contribution in [3.05, 3.63) is 0 Å². The van der Waals surface area contributed by atoms with Gasteiger partial charge in [0.05, 0.1) is 0 Å². The number of nitrogens with two attached hydrogens (primary N) is 1. The summed E-state index contributed by atoms with van der Waals surface area (Å²) in [4.78, 5) is 0. The Labute approximate surface area is 65.0 Å². The van der Waals surface area contributed by atoms with Crippen molar-refractivity contribution in [2.24, 2.45) is 17.6 Å². The first-order valence-electron chi connectivity index (χ1n) is 4.29. The molecule has 62 valence electrons. The zero-order valence-corrected chi connectivity index (χ0v) is 7.72. The molecule has 1 heteroatoms. The van der Waals surface area contributed by atoms with Crippen LogP contribution in [0.1, 0.15) is 40.5 Å². The molecular weight excluding hydrogens is 122 g/mol. The standard InChI is InChI=1S/C9H21N/c1-7(2)8(3)5-6-9(4)10/h7-9H,5-6,10H2,1-4H3/t8?,9-/m0/s1. The van der Waals surface area contributed by atoms with Gasteiger partial charge in [-0.1, -0.05) is 20.8 Å². The lowest BCUT2D eigenvalue weighted by molar-refractivity contribution is 0.371. The van der Waals surface area contributed by atoms with Crippen LogP contribution in [0.3, 0.4) is 0 Å².